The lowest BCUT2D eigenvalue weighted by molar-refractivity contribution is 0.232. The molecule has 2 amide bonds. The second-order valence-electron chi connectivity index (χ2n) is 4.97. The lowest BCUT2D eigenvalue weighted by Crippen LogP contribution is -2.43. The van der Waals surface area contributed by atoms with Crippen molar-refractivity contribution in [2.24, 2.45) is 5.92 Å². The van der Waals surface area contributed by atoms with E-state index in [2.05, 4.69) is 33.5 Å². The predicted octanol–water partition coefficient (Wildman–Crippen LogP) is 4.15. The number of hydrogen-bond acceptors (Lipinski definition) is 1. The highest BCUT2D eigenvalue weighted by Gasteiger charge is 2.22. The Labute approximate surface area is 116 Å². The molecule has 1 aromatic rings. The number of nitrogens with one attached hydrogen (secondary N) is 2. The zero-order valence-corrected chi connectivity index (χ0v) is 12.2. The molecule has 0 radical (unpaired) electrons. The van der Waals surface area contributed by atoms with Crippen molar-refractivity contribution in [2.75, 3.05) is 5.32 Å². The van der Waals surface area contributed by atoms with E-state index in [1.807, 2.05) is 24.3 Å². The highest BCUT2D eigenvalue weighted by atomic mass is 79.9. The van der Waals surface area contributed by atoms with Crippen LogP contribution in [0.1, 0.15) is 32.6 Å². The molecule has 18 heavy (non-hydrogen) atoms. The molecule has 0 aromatic heterocycles. The molecule has 0 spiro atoms. The summed E-state index contributed by atoms with van der Waals surface area (Å²) >= 11 is 3.37. The molecule has 2 atom stereocenters. The molecule has 0 heterocycles. The van der Waals surface area contributed by atoms with Crippen molar-refractivity contribution < 1.29 is 4.79 Å². The Morgan fingerprint density at radius 3 is 2.56 bits per heavy atom. The van der Waals surface area contributed by atoms with Crippen molar-refractivity contribution in [3.05, 3.63) is 28.7 Å². The lowest BCUT2D eigenvalue weighted by Gasteiger charge is -2.29. The van der Waals surface area contributed by atoms with Gasteiger partial charge in [-0.1, -0.05) is 35.7 Å². The molecule has 2 N–H and O–H groups in total. The summed E-state index contributed by atoms with van der Waals surface area (Å²) in [6.45, 7) is 2.21. The molecule has 1 aliphatic rings. The quantitative estimate of drug-likeness (QED) is 0.846. The van der Waals surface area contributed by atoms with Gasteiger partial charge in [0.2, 0.25) is 0 Å². The van der Waals surface area contributed by atoms with Crippen LogP contribution in [0.3, 0.4) is 0 Å². The standard InChI is InChI=1S/C14H19BrN2O/c1-10-4-2-3-5-13(10)17-14(18)16-12-8-6-11(15)7-9-12/h6-10,13H,2-5H2,1H3,(H2,16,17,18). The number of amides is 2. The van der Waals surface area contributed by atoms with Crippen LogP contribution in [-0.4, -0.2) is 12.1 Å². The van der Waals surface area contributed by atoms with Crippen molar-refractivity contribution in [1.82, 2.24) is 5.32 Å². The van der Waals surface area contributed by atoms with Gasteiger partial charge in [-0.15, -0.1) is 0 Å². The molecule has 98 valence electrons. The Balaban J connectivity index is 1.86. The maximum absolute atomic E-state index is 11.9. The van der Waals surface area contributed by atoms with Crippen LogP contribution in [0.2, 0.25) is 0 Å². The minimum absolute atomic E-state index is 0.101. The predicted molar refractivity (Wildman–Crippen MR) is 77.7 cm³/mol. The number of halogens is 1. The first-order valence-electron chi connectivity index (χ1n) is 6.48. The molecule has 3 nitrogen and oxygen atoms in total. The third-order valence-corrected chi connectivity index (χ3v) is 4.06. The Hall–Kier alpha value is -1.03. The number of anilines is 1. The van der Waals surface area contributed by atoms with E-state index in [0.29, 0.717) is 12.0 Å². The van der Waals surface area contributed by atoms with E-state index in [4.69, 9.17) is 0 Å². The zero-order chi connectivity index (χ0) is 13.0. The van der Waals surface area contributed by atoms with E-state index in [-0.39, 0.29) is 6.03 Å². The first-order chi connectivity index (χ1) is 8.65. The Morgan fingerprint density at radius 1 is 1.22 bits per heavy atom. The monoisotopic (exact) mass is 310 g/mol. The minimum Gasteiger partial charge on any atom is -0.335 e. The van der Waals surface area contributed by atoms with Crippen LogP contribution < -0.4 is 10.6 Å². The molecule has 4 heteroatoms. The smallest absolute Gasteiger partial charge is 0.319 e. The van der Waals surface area contributed by atoms with Crippen LogP contribution >= 0.6 is 15.9 Å². The molecule has 1 aromatic carbocycles. The van der Waals surface area contributed by atoms with Gasteiger partial charge in [-0.2, -0.15) is 0 Å². The summed E-state index contributed by atoms with van der Waals surface area (Å²) in [5.41, 5.74) is 0.819. The molecular weight excluding hydrogens is 292 g/mol. The molecule has 1 fully saturated rings. The Morgan fingerprint density at radius 2 is 1.89 bits per heavy atom. The van der Waals surface area contributed by atoms with Crippen molar-refractivity contribution in [3.63, 3.8) is 0 Å². The van der Waals surface area contributed by atoms with Gasteiger partial charge in [0, 0.05) is 16.2 Å². The van der Waals surface area contributed by atoms with Crippen molar-refractivity contribution in [3.8, 4) is 0 Å². The van der Waals surface area contributed by atoms with E-state index in [0.717, 1.165) is 16.6 Å². The largest absolute Gasteiger partial charge is 0.335 e. The topological polar surface area (TPSA) is 41.1 Å². The van der Waals surface area contributed by atoms with Crippen LogP contribution in [0.15, 0.2) is 28.7 Å². The van der Waals surface area contributed by atoms with Gasteiger partial charge < -0.3 is 10.6 Å². The van der Waals surface area contributed by atoms with Crippen LogP contribution in [0.5, 0.6) is 0 Å². The number of hydrogen-bond donors (Lipinski definition) is 2. The number of benzene rings is 1. The van der Waals surface area contributed by atoms with Crippen molar-refractivity contribution >= 4 is 27.6 Å². The van der Waals surface area contributed by atoms with E-state index in [1.165, 1.54) is 19.3 Å². The van der Waals surface area contributed by atoms with Crippen molar-refractivity contribution in [1.29, 1.82) is 0 Å². The van der Waals surface area contributed by atoms with Crippen LogP contribution in [0.25, 0.3) is 0 Å². The summed E-state index contributed by atoms with van der Waals surface area (Å²) < 4.78 is 1.01. The van der Waals surface area contributed by atoms with E-state index >= 15 is 0 Å². The van der Waals surface area contributed by atoms with Gasteiger partial charge in [0.05, 0.1) is 0 Å². The maximum atomic E-state index is 11.9. The molecule has 1 saturated carbocycles. The second kappa shape index (κ2) is 6.23. The number of carbonyl (C=O) groups excluding carboxylic acids is 1. The highest BCUT2D eigenvalue weighted by molar-refractivity contribution is 9.10. The van der Waals surface area contributed by atoms with Crippen molar-refractivity contribution in [2.45, 2.75) is 38.6 Å². The average Bonchev–Trinajstić information content (AvgIpc) is 2.35. The normalized spacial score (nSPS) is 23.4. The highest BCUT2D eigenvalue weighted by Crippen LogP contribution is 2.23. The van der Waals surface area contributed by atoms with Crippen LogP contribution in [0.4, 0.5) is 10.5 Å². The first kappa shape index (κ1) is 13.4. The SMILES string of the molecule is CC1CCCCC1NC(=O)Nc1ccc(Br)cc1. The summed E-state index contributed by atoms with van der Waals surface area (Å²) in [5, 5.41) is 5.94. The van der Waals surface area contributed by atoms with Gasteiger partial charge >= 0.3 is 6.03 Å². The molecular formula is C14H19BrN2O. The van der Waals surface area contributed by atoms with Gasteiger partial charge in [0.1, 0.15) is 0 Å². The fourth-order valence-corrected chi connectivity index (χ4v) is 2.66. The maximum Gasteiger partial charge on any atom is 0.319 e. The molecule has 0 saturated heterocycles. The minimum atomic E-state index is -0.101. The first-order valence-corrected chi connectivity index (χ1v) is 7.27. The molecule has 0 aliphatic heterocycles. The average molecular weight is 311 g/mol. The summed E-state index contributed by atoms with van der Waals surface area (Å²) in [5.74, 6) is 0.578. The number of rotatable bonds is 2. The summed E-state index contributed by atoms with van der Waals surface area (Å²) in [7, 11) is 0. The lowest BCUT2D eigenvalue weighted by atomic mass is 9.86. The van der Waals surface area contributed by atoms with E-state index in [1.54, 1.807) is 0 Å². The molecule has 2 unspecified atom stereocenters. The molecule has 2 rings (SSSR count). The number of urea groups is 1. The second-order valence-corrected chi connectivity index (χ2v) is 5.89. The Kier molecular flexibility index (Phi) is 4.64. The van der Waals surface area contributed by atoms with Gasteiger partial charge in [-0.25, -0.2) is 4.79 Å². The van der Waals surface area contributed by atoms with E-state index in [9.17, 15) is 4.79 Å². The van der Waals surface area contributed by atoms with Crippen LogP contribution in [0, 0.1) is 5.92 Å². The zero-order valence-electron chi connectivity index (χ0n) is 10.6. The van der Waals surface area contributed by atoms with Gasteiger partial charge in [0.15, 0.2) is 0 Å². The summed E-state index contributed by atoms with van der Waals surface area (Å²) in [6, 6.07) is 7.81. The fraction of sp³-hybridized carbons (Fsp3) is 0.500. The third kappa shape index (κ3) is 3.73. The number of carbonyl (C=O) groups is 1. The summed E-state index contributed by atoms with van der Waals surface area (Å²) in [6.07, 6.45) is 4.80. The Bertz CT molecular complexity index is 405. The van der Waals surface area contributed by atoms with Gasteiger partial charge in [-0.05, 0) is 43.0 Å². The molecule has 0 bridgehead atoms. The summed E-state index contributed by atoms with van der Waals surface area (Å²) in [4.78, 5) is 11.9. The third-order valence-electron chi connectivity index (χ3n) is 3.53. The van der Waals surface area contributed by atoms with Gasteiger partial charge in [0.25, 0.3) is 0 Å². The van der Waals surface area contributed by atoms with E-state index < -0.39 is 0 Å². The molecule has 1 aliphatic carbocycles. The van der Waals surface area contributed by atoms with Gasteiger partial charge in [-0.3, -0.25) is 0 Å². The fourth-order valence-electron chi connectivity index (χ4n) is 2.40. The van der Waals surface area contributed by atoms with Crippen LogP contribution in [-0.2, 0) is 0 Å².